The number of phenols is 1. The van der Waals surface area contributed by atoms with Crippen LogP contribution in [0.3, 0.4) is 0 Å². The van der Waals surface area contributed by atoms with Crippen LogP contribution in [0, 0.1) is 0 Å². The van der Waals surface area contributed by atoms with Crippen molar-refractivity contribution in [3.8, 4) is 5.75 Å². The number of hydrogen-bond donors (Lipinski definition) is 3. The van der Waals surface area contributed by atoms with Gasteiger partial charge in [-0.05, 0) is 37.3 Å². The zero-order valence-corrected chi connectivity index (χ0v) is 9.84. The monoisotopic (exact) mass is 243 g/mol. The van der Waals surface area contributed by atoms with Crippen LogP contribution in [0.15, 0.2) is 47.7 Å². The van der Waals surface area contributed by atoms with Gasteiger partial charge in [0.15, 0.2) is 0 Å². The number of carbonyl (C=O) groups excluding carboxylic acids is 1. The highest BCUT2D eigenvalue weighted by Gasteiger charge is 2.05. The lowest BCUT2D eigenvalue weighted by atomic mass is 10.2. The van der Waals surface area contributed by atoms with E-state index in [1.165, 1.54) is 12.1 Å². The maximum atomic E-state index is 11.7. The first-order valence-corrected chi connectivity index (χ1v) is 5.44. The zero-order chi connectivity index (χ0) is 13.0. The number of hydrogen-bond acceptors (Lipinski definition) is 3. The van der Waals surface area contributed by atoms with Crippen LogP contribution in [0.5, 0.6) is 5.75 Å². The third-order valence-corrected chi connectivity index (χ3v) is 2.42. The molecule has 0 radical (unpaired) electrons. The summed E-state index contributed by atoms with van der Waals surface area (Å²) in [5, 5.41) is 13.2. The summed E-state index contributed by atoms with van der Waals surface area (Å²) in [5.74, 6) is -0.315. The van der Waals surface area contributed by atoms with E-state index in [1.807, 2.05) is 12.1 Å². The van der Waals surface area contributed by atoms with Crippen molar-refractivity contribution in [3.63, 3.8) is 0 Å². The first kappa shape index (κ1) is 11.9. The number of amides is 1. The van der Waals surface area contributed by atoms with Crippen LogP contribution in [0.1, 0.15) is 23.0 Å². The Balaban J connectivity index is 2.07. The molecule has 0 spiro atoms. The maximum Gasteiger partial charge on any atom is 0.271 e. The fourth-order valence-corrected chi connectivity index (χ4v) is 1.46. The summed E-state index contributed by atoms with van der Waals surface area (Å²) < 4.78 is 0. The molecule has 0 atom stereocenters. The summed E-state index contributed by atoms with van der Waals surface area (Å²) in [5.41, 5.74) is 4.31. The molecule has 0 saturated carbocycles. The molecule has 92 valence electrons. The minimum atomic E-state index is -0.364. The topological polar surface area (TPSA) is 77.5 Å². The number of rotatable bonds is 3. The van der Waals surface area contributed by atoms with Crippen molar-refractivity contribution >= 4 is 11.6 Å². The first-order chi connectivity index (χ1) is 8.66. The smallest absolute Gasteiger partial charge is 0.271 e. The summed E-state index contributed by atoms with van der Waals surface area (Å²) in [4.78, 5) is 14.7. The van der Waals surface area contributed by atoms with Gasteiger partial charge in [0.05, 0.1) is 11.4 Å². The third kappa shape index (κ3) is 2.76. The van der Waals surface area contributed by atoms with Gasteiger partial charge in [0.2, 0.25) is 0 Å². The molecule has 5 nitrogen and oxygen atoms in total. The Hall–Kier alpha value is -2.56. The highest BCUT2D eigenvalue weighted by Crippen LogP contribution is 2.10. The third-order valence-electron chi connectivity index (χ3n) is 2.42. The van der Waals surface area contributed by atoms with Crippen molar-refractivity contribution in [2.75, 3.05) is 0 Å². The second kappa shape index (κ2) is 5.18. The van der Waals surface area contributed by atoms with Crippen LogP contribution < -0.4 is 5.43 Å². The summed E-state index contributed by atoms with van der Waals surface area (Å²) in [6, 6.07) is 9.81. The lowest BCUT2D eigenvalue weighted by Gasteiger charge is -2.02. The van der Waals surface area contributed by atoms with Crippen LogP contribution in [0.2, 0.25) is 0 Å². The molecule has 3 N–H and O–H groups in total. The van der Waals surface area contributed by atoms with E-state index in [4.69, 9.17) is 0 Å². The van der Waals surface area contributed by atoms with Crippen molar-refractivity contribution in [2.45, 2.75) is 6.92 Å². The summed E-state index contributed by atoms with van der Waals surface area (Å²) >= 11 is 0. The number of benzene rings is 1. The van der Waals surface area contributed by atoms with Crippen molar-refractivity contribution < 1.29 is 9.90 Å². The molecule has 18 heavy (non-hydrogen) atoms. The number of phenolic OH excluding ortho intramolecular Hbond substituents is 1. The molecule has 0 fully saturated rings. The fraction of sp³-hybridized carbons (Fsp3) is 0.0769. The van der Waals surface area contributed by atoms with E-state index in [0.717, 1.165) is 5.69 Å². The molecule has 5 heteroatoms. The van der Waals surface area contributed by atoms with E-state index in [1.54, 1.807) is 25.3 Å². The normalized spacial score (nSPS) is 11.3. The Morgan fingerprint density at radius 1 is 1.33 bits per heavy atom. The number of nitrogens with zero attached hydrogens (tertiary/aromatic N) is 1. The number of aromatic nitrogens is 1. The molecule has 0 unspecified atom stereocenters. The molecule has 0 saturated heterocycles. The molecule has 2 rings (SSSR count). The first-order valence-electron chi connectivity index (χ1n) is 5.44. The quantitative estimate of drug-likeness (QED) is 0.568. The van der Waals surface area contributed by atoms with E-state index in [9.17, 15) is 9.90 Å². The second-order valence-electron chi connectivity index (χ2n) is 3.77. The number of hydrazone groups is 1. The molecule has 1 heterocycles. The lowest BCUT2D eigenvalue weighted by Crippen LogP contribution is -2.19. The molecule has 0 bridgehead atoms. The van der Waals surface area contributed by atoms with Crippen LogP contribution in [0.25, 0.3) is 0 Å². The van der Waals surface area contributed by atoms with Crippen LogP contribution in [0.4, 0.5) is 0 Å². The standard InChI is InChI=1S/C13H13N3O2/c1-9(12-6-3-7-14-12)15-16-13(18)10-4-2-5-11(17)8-10/h2-8,14,17H,1H3,(H,16,18)/b15-9+. The number of aromatic hydroxyl groups is 1. The van der Waals surface area contributed by atoms with Gasteiger partial charge in [-0.1, -0.05) is 6.07 Å². The van der Waals surface area contributed by atoms with Gasteiger partial charge >= 0.3 is 0 Å². The van der Waals surface area contributed by atoms with E-state index in [0.29, 0.717) is 11.3 Å². The highest BCUT2D eigenvalue weighted by molar-refractivity contribution is 5.99. The summed E-state index contributed by atoms with van der Waals surface area (Å²) in [7, 11) is 0. The van der Waals surface area contributed by atoms with E-state index < -0.39 is 0 Å². The Labute approximate surface area is 104 Å². The minimum absolute atomic E-state index is 0.0488. The highest BCUT2D eigenvalue weighted by atomic mass is 16.3. The molecular weight excluding hydrogens is 230 g/mol. The molecule has 1 amide bonds. The number of nitrogens with one attached hydrogen (secondary N) is 2. The van der Waals surface area contributed by atoms with Gasteiger partial charge in [-0.15, -0.1) is 0 Å². The van der Waals surface area contributed by atoms with Gasteiger partial charge in [-0.2, -0.15) is 5.10 Å². The summed E-state index contributed by atoms with van der Waals surface area (Å²) in [6.07, 6.45) is 1.78. The Bertz CT molecular complexity index is 574. The van der Waals surface area contributed by atoms with Gasteiger partial charge in [-0.25, -0.2) is 5.43 Å². The van der Waals surface area contributed by atoms with E-state index >= 15 is 0 Å². The Morgan fingerprint density at radius 2 is 2.17 bits per heavy atom. The van der Waals surface area contributed by atoms with Gasteiger partial charge in [-0.3, -0.25) is 4.79 Å². The molecular formula is C13H13N3O2. The SMILES string of the molecule is C/C(=N\NC(=O)c1cccc(O)c1)c1ccc[nH]1. The zero-order valence-electron chi connectivity index (χ0n) is 9.84. The van der Waals surface area contributed by atoms with Gasteiger partial charge < -0.3 is 10.1 Å². The van der Waals surface area contributed by atoms with Crippen molar-refractivity contribution in [3.05, 3.63) is 53.9 Å². The number of H-pyrrole nitrogens is 1. The van der Waals surface area contributed by atoms with Crippen LogP contribution in [-0.4, -0.2) is 21.7 Å². The van der Waals surface area contributed by atoms with E-state index in [-0.39, 0.29) is 11.7 Å². The van der Waals surface area contributed by atoms with Crippen molar-refractivity contribution in [2.24, 2.45) is 5.10 Å². The predicted molar refractivity (Wildman–Crippen MR) is 68.6 cm³/mol. The summed E-state index contributed by atoms with van der Waals surface area (Å²) in [6.45, 7) is 1.79. The van der Waals surface area contributed by atoms with Gasteiger partial charge in [0, 0.05) is 11.8 Å². The average Bonchev–Trinajstić information content (AvgIpc) is 2.89. The van der Waals surface area contributed by atoms with Crippen LogP contribution in [-0.2, 0) is 0 Å². The van der Waals surface area contributed by atoms with Gasteiger partial charge in [0.25, 0.3) is 5.91 Å². The lowest BCUT2D eigenvalue weighted by molar-refractivity contribution is 0.0954. The fourth-order valence-electron chi connectivity index (χ4n) is 1.46. The predicted octanol–water partition coefficient (Wildman–Crippen LogP) is 1.87. The minimum Gasteiger partial charge on any atom is -0.508 e. The Morgan fingerprint density at radius 3 is 2.83 bits per heavy atom. The molecule has 0 aliphatic carbocycles. The number of carbonyl (C=O) groups is 1. The van der Waals surface area contributed by atoms with Crippen LogP contribution >= 0.6 is 0 Å². The Kier molecular flexibility index (Phi) is 3.43. The average molecular weight is 243 g/mol. The molecule has 0 aliphatic heterocycles. The molecule has 1 aromatic carbocycles. The van der Waals surface area contributed by atoms with Crippen molar-refractivity contribution in [1.29, 1.82) is 0 Å². The molecule has 0 aliphatic rings. The van der Waals surface area contributed by atoms with E-state index in [2.05, 4.69) is 15.5 Å². The second-order valence-corrected chi connectivity index (χ2v) is 3.77. The number of aromatic amines is 1. The van der Waals surface area contributed by atoms with Gasteiger partial charge in [0.1, 0.15) is 5.75 Å². The molecule has 2 aromatic rings. The molecule has 1 aromatic heterocycles. The van der Waals surface area contributed by atoms with Crippen molar-refractivity contribution in [1.82, 2.24) is 10.4 Å². The largest absolute Gasteiger partial charge is 0.508 e. The maximum absolute atomic E-state index is 11.7.